The Bertz CT molecular complexity index is 2780. The molecule has 1 aliphatic heterocycles. The molecule has 0 radical (unpaired) electrons. The van der Waals surface area contributed by atoms with Crippen molar-refractivity contribution < 1.29 is 63.4 Å². The van der Waals surface area contributed by atoms with Crippen LogP contribution in [-0.4, -0.2) is 145 Å². The highest BCUT2D eigenvalue weighted by Gasteiger charge is 2.36. The normalized spacial score (nSPS) is 21.0. The smallest absolute Gasteiger partial charge is 0.326 e. The Hall–Kier alpha value is -7.75. The molecule has 25 nitrogen and oxygen atoms in total. The van der Waals surface area contributed by atoms with Gasteiger partial charge in [-0.05, 0) is 60.5 Å². The highest BCUT2D eigenvalue weighted by molar-refractivity contribution is 8.76. The number of carboxylic acid groups (broad SMARTS) is 2. The minimum atomic E-state index is -1.68. The molecule has 1 saturated heterocycles. The maximum atomic E-state index is 14.8. The number of phenolic OH excluding ortho intramolecular Hbond substituents is 1. The molecule has 1 aromatic heterocycles. The van der Waals surface area contributed by atoms with Crippen LogP contribution in [0.1, 0.15) is 56.2 Å². The van der Waals surface area contributed by atoms with Crippen LogP contribution >= 0.6 is 21.6 Å². The van der Waals surface area contributed by atoms with Crippen LogP contribution < -0.4 is 48.7 Å². The molecule has 0 unspecified atom stereocenters. The minimum absolute atomic E-state index is 0.0609. The Labute approximate surface area is 449 Å². The molecule has 3 aromatic carbocycles. The fourth-order valence-electron chi connectivity index (χ4n) is 8.12. The second kappa shape index (κ2) is 29.0. The highest BCUT2D eigenvalue weighted by atomic mass is 33.1. The molecule has 7 amide bonds. The first kappa shape index (κ1) is 60.1. The van der Waals surface area contributed by atoms with E-state index in [1.165, 1.54) is 19.9 Å². The second-order valence-corrected chi connectivity index (χ2v) is 21.1. The van der Waals surface area contributed by atoms with Crippen molar-refractivity contribution in [3.05, 3.63) is 106 Å². The van der Waals surface area contributed by atoms with Crippen LogP contribution in [-0.2, 0) is 62.4 Å². The van der Waals surface area contributed by atoms with E-state index in [2.05, 4.69) is 42.2 Å². The number of hydrogen-bond acceptors (Lipinski definition) is 16. The number of phenols is 1. The summed E-state index contributed by atoms with van der Waals surface area (Å²) in [5.74, 6) is -11.6. The summed E-state index contributed by atoms with van der Waals surface area (Å²) in [7, 11) is 1.75. The number of nitrogens with zero attached hydrogens (tertiary/aromatic N) is 1. The Morgan fingerprint density at radius 2 is 1.34 bits per heavy atom. The molecule has 27 heteroatoms. The van der Waals surface area contributed by atoms with Crippen molar-refractivity contribution in [3.63, 3.8) is 0 Å². The Morgan fingerprint density at radius 1 is 0.753 bits per heavy atom. The summed E-state index contributed by atoms with van der Waals surface area (Å²) in [5, 5.41) is 60.3. The quantitative estimate of drug-likeness (QED) is 0.0259. The summed E-state index contributed by atoms with van der Waals surface area (Å²) in [4.78, 5) is 139. The van der Waals surface area contributed by atoms with E-state index in [4.69, 9.17) is 11.5 Å². The summed E-state index contributed by atoms with van der Waals surface area (Å²) in [6.07, 6.45) is 0.578. The van der Waals surface area contributed by atoms with Gasteiger partial charge in [0.1, 0.15) is 42.3 Å². The molecule has 414 valence electrons. The van der Waals surface area contributed by atoms with E-state index in [1.54, 1.807) is 60.8 Å². The molecule has 15 N–H and O–H groups in total. The molecule has 0 saturated carbocycles. The molecule has 0 bridgehead atoms. The molecule has 8 atom stereocenters. The van der Waals surface area contributed by atoms with Gasteiger partial charge in [0.15, 0.2) is 5.75 Å². The Balaban J connectivity index is 1.64. The lowest BCUT2D eigenvalue weighted by atomic mass is 10.0. The molecule has 1 fully saturated rings. The van der Waals surface area contributed by atoms with E-state index in [0.29, 0.717) is 28.5 Å². The third-order valence-electron chi connectivity index (χ3n) is 12.3. The van der Waals surface area contributed by atoms with E-state index in [0.717, 1.165) is 33.7 Å². The standard InChI is InChI=1S/C50H63N11O14S2/c1-26(2)42(50(72)73)60-49(71)38-25-77-76-24-37(58-43(65)31(52)22-41(63)64)48(70)56-34(18-27-10-4-3-5-11-27)45(67)57-36(21-29-23-53-32-13-7-6-12-30(29)32)47(69)54-33(14-8-9-17-51)44(66)55-35(46(68)59-38)19-28-15-16-40(62)39(20-28)61(74)75/h3-7,10-13,15-16,20,23,26,31,33-38,42,53,62H,8-9,14,17-19,21-22,24-25,51-52H2,1-2H3,(H,54,69)(H,55,66)(H,56,70)(H,57,67)(H,58,65)(H,59,68)(H,60,71)(H,63,64)(H,72,73)/t31-,33-,34-,35-,36-,37-,38-,42-/m0/s1. The van der Waals surface area contributed by atoms with Crippen molar-refractivity contribution in [2.24, 2.45) is 17.4 Å². The van der Waals surface area contributed by atoms with Gasteiger partial charge in [0.2, 0.25) is 41.4 Å². The average Bonchev–Trinajstić information content (AvgIpc) is 3.80. The third-order valence-corrected chi connectivity index (χ3v) is 14.7. The number of amides is 7. The number of nitro groups is 1. The second-order valence-electron chi connectivity index (χ2n) is 18.5. The number of fused-ring (bicyclic) bond motifs is 1. The Kier molecular flexibility index (Phi) is 22.6. The number of para-hydroxylation sites is 1. The number of rotatable bonds is 19. The number of aromatic amines is 1. The first-order chi connectivity index (χ1) is 36.6. The van der Waals surface area contributed by atoms with Crippen molar-refractivity contribution >= 4 is 91.5 Å². The topological polar surface area (TPSA) is 409 Å². The fraction of sp³-hybridized carbons (Fsp3) is 0.420. The predicted molar refractivity (Wildman–Crippen MR) is 285 cm³/mol. The fourth-order valence-corrected chi connectivity index (χ4v) is 10.5. The van der Waals surface area contributed by atoms with Crippen molar-refractivity contribution in [2.45, 2.75) is 107 Å². The number of aliphatic carboxylic acids is 2. The number of nitro benzene ring substituents is 1. The molecule has 4 aromatic rings. The predicted octanol–water partition coefficient (Wildman–Crippen LogP) is 0.270. The van der Waals surface area contributed by atoms with Gasteiger partial charge >= 0.3 is 17.6 Å². The Morgan fingerprint density at radius 3 is 1.97 bits per heavy atom. The van der Waals surface area contributed by atoms with Crippen LogP contribution in [0.5, 0.6) is 5.75 Å². The summed E-state index contributed by atoms with van der Waals surface area (Å²) >= 11 is 0. The lowest BCUT2D eigenvalue weighted by Gasteiger charge is -2.29. The zero-order valence-electron chi connectivity index (χ0n) is 42.0. The maximum absolute atomic E-state index is 14.8. The van der Waals surface area contributed by atoms with Crippen molar-refractivity contribution in [3.8, 4) is 5.75 Å². The molecule has 77 heavy (non-hydrogen) atoms. The molecule has 2 heterocycles. The summed E-state index contributed by atoms with van der Waals surface area (Å²) in [5.41, 5.74) is 12.9. The lowest BCUT2D eigenvalue weighted by molar-refractivity contribution is -0.385. The summed E-state index contributed by atoms with van der Waals surface area (Å²) in [6.45, 7) is 3.25. The van der Waals surface area contributed by atoms with Crippen LogP contribution in [0.2, 0.25) is 0 Å². The van der Waals surface area contributed by atoms with Crippen molar-refractivity contribution in [1.29, 1.82) is 0 Å². The summed E-state index contributed by atoms with van der Waals surface area (Å²) in [6, 6.07) is 6.62. The number of H-pyrrole nitrogens is 1. The van der Waals surface area contributed by atoms with E-state index in [9.17, 15) is 68.6 Å². The van der Waals surface area contributed by atoms with E-state index < -0.39 is 137 Å². The SMILES string of the molecule is CC(C)[C@H](NC(=O)[C@@H]1CSSC[C@H](NC(=O)[C@@H](N)CC(=O)O)C(=O)N[C@@H](Cc2ccccc2)C(=O)N[C@@H](Cc2c[nH]c3ccccc23)C(=O)N[C@@H](CCCCN)C(=O)N[C@@H](Cc2ccc(O)c([N+](=O)[O-])c2)C(=O)N1)C(=O)O. The van der Waals surface area contributed by atoms with Gasteiger partial charge in [0, 0.05) is 53.9 Å². The van der Waals surface area contributed by atoms with Gasteiger partial charge in [-0.1, -0.05) is 90.0 Å². The number of carbonyl (C=O) groups excluding carboxylic acids is 7. The zero-order valence-corrected chi connectivity index (χ0v) is 43.7. The molecule has 0 aliphatic carbocycles. The van der Waals surface area contributed by atoms with Crippen molar-refractivity contribution in [1.82, 2.24) is 42.2 Å². The molecule has 1 aliphatic rings. The van der Waals surface area contributed by atoms with Gasteiger partial charge in [-0.25, -0.2) is 4.79 Å². The van der Waals surface area contributed by atoms with E-state index in [1.807, 2.05) is 0 Å². The number of carbonyl (C=O) groups is 9. The number of nitrogens with one attached hydrogen (secondary N) is 8. The first-order valence-electron chi connectivity index (χ1n) is 24.5. The molecule has 0 spiro atoms. The number of hydrogen-bond donors (Lipinski definition) is 13. The van der Waals surface area contributed by atoms with Crippen LogP contribution in [0, 0.1) is 16.0 Å². The van der Waals surface area contributed by atoms with Gasteiger partial charge in [0.25, 0.3) is 0 Å². The third kappa shape index (κ3) is 17.9. The van der Waals surface area contributed by atoms with Crippen LogP contribution in [0.3, 0.4) is 0 Å². The van der Waals surface area contributed by atoms with Crippen LogP contribution in [0.15, 0.2) is 79.0 Å². The van der Waals surface area contributed by atoms with E-state index >= 15 is 0 Å². The van der Waals surface area contributed by atoms with Crippen LogP contribution in [0.4, 0.5) is 5.69 Å². The van der Waals surface area contributed by atoms with Gasteiger partial charge in [0.05, 0.1) is 17.4 Å². The summed E-state index contributed by atoms with van der Waals surface area (Å²) < 4.78 is 0. The van der Waals surface area contributed by atoms with Crippen molar-refractivity contribution in [2.75, 3.05) is 18.1 Å². The lowest BCUT2D eigenvalue weighted by Crippen LogP contribution is -2.61. The molecule has 5 rings (SSSR count). The van der Waals surface area contributed by atoms with Gasteiger partial charge in [-0.15, -0.1) is 0 Å². The first-order valence-corrected chi connectivity index (χ1v) is 27.0. The minimum Gasteiger partial charge on any atom is -0.502 e. The number of nitrogens with two attached hydrogens (primary N) is 2. The van der Waals surface area contributed by atoms with Crippen LogP contribution in [0.25, 0.3) is 10.9 Å². The maximum Gasteiger partial charge on any atom is 0.326 e. The zero-order chi connectivity index (χ0) is 56.3. The number of unbranched alkanes of at least 4 members (excludes halogenated alkanes) is 1. The van der Waals surface area contributed by atoms with Gasteiger partial charge in [-0.2, -0.15) is 0 Å². The van der Waals surface area contributed by atoms with Gasteiger partial charge in [-0.3, -0.25) is 48.5 Å². The number of carboxylic acids is 2. The number of aromatic nitrogens is 1. The molecular weight excluding hydrogens is 1040 g/mol. The van der Waals surface area contributed by atoms with E-state index in [-0.39, 0.29) is 49.3 Å². The number of aromatic hydroxyl groups is 1. The largest absolute Gasteiger partial charge is 0.502 e. The monoisotopic (exact) mass is 1110 g/mol. The molecular formula is C50H63N11O14S2. The number of benzene rings is 3. The highest BCUT2D eigenvalue weighted by Crippen LogP contribution is 2.28. The average molecular weight is 1110 g/mol. The van der Waals surface area contributed by atoms with Gasteiger partial charge < -0.3 is 69.0 Å².